The molecule has 13 aliphatic heterocycles. The molecule has 20 amide bonds. The van der Waals surface area contributed by atoms with E-state index in [0.717, 1.165) is 35.8 Å². The lowest BCUT2D eigenvalue weighted by molar-refractivity contribution is -0.148. The molecule has 136 heavy (non-hydrogen) atoms. The Bertz CT molecular complexity index is 4590. The van der Waals surface area contributed by atoms with Gasteiger partial charge in [0.2, 0.25) is 118 Å². The Balaban J connectivity index is 0.540. The van der Waals surface area contributed by atoms with E-state index < -0.39 is 291 Å². The van der Waals surface area contributed by atoms with Gasteiger partial charge in [0.1, 0.15) is 85.1 Å². The lowest BCUT2D eigenvalue weighted by Gasteiger charge is -2.32. The van der Waals surface area contributed by atoms with E-state index >= 15 is 0 Å². The van der Waals surface area contributed by atoms with E-state index in [9.17, 15) is 136 Å². The molecule has 0 aliphatic carbocycles. The van der Waals surface area contributed by atoms with Crippen molar-refractivity contribution in [1.29, 1.82) is 0 Å². The van der Waals surface area contributed by atoms with Gasteiger partial charge in [-0.05, 0) is 109 Å². The number of nitrogens with one attached hydrogen (secondary N) is 9. The van der Waals surface area contributed by atoms with Gasteiger partial charge in [-0.1, -0.05) is 0 Å². The van der Waals surface area contributed by atoms with Crippen molar-refractivity contribution >= 4 is 124 Å². The van der Waals surface area contributed by atoms with Crippen molar-refractivity contribution in [2.24, 2.45) is 5.73 Å². The molecule has 750 valence electrons. The highest BCUT2D eigenvalue weighted by Crippen LogP contribution is 2.34. The number of β-amino-alcohol motifs (C(OH)–C–C–N with tert-alkyl or cyclic N) is 7. The summed E-state index contributed by atoms with van der Waals surface area (Å²) >= 11 is 0. The number of hydrogen-bond acceptors (Lipinski definition) is 30. The Hall–Kier alpha value is -11.5. The normalized spacial score (nSPS) is 30.0. The molecule has 51 nitrogen and oxygen atoms in total. The largest absolute Gasteiger partial charge is 0.480 e. The molecule has 0 radical (unpaired) electrons. The fourth-order valence-electron chi connectivity index (χ4n) is 21.5. The molecule has 21 atom stereocenters. The number of amides is 20. The zero-order chi connectivity index (χ0) is 97.9. The average molecular weight is 1920 g/mol. The fraction of sp³-hybridized carbons (Fsp3) is 0.753. The Kier molecular flexibility index (Phi) is 33.9. The molecule has 0 unspecified atom stereocenters. The lowest BCUT2D eigenvalue weighted by Crippen LogP contribution is -2.57. The van der Waals surface area contributed by atoms with E-state index in [1.165, 1.54) is 29.4 Å². The van der Waals surface area contributed by atoms with Crippen LogP contribution in [0, 0.1) is 0 Å². The van der Waals surface area contributed by atoms with Gasteiger partial charge in [-0.3, -0.25) is 101 Å². The first-order valence-electron chi connectivity index (χ1n) is 47.2. The molecule has 13 fully saturated rings. The van der Waals surface area contributed by atoms with Gasteiger partial charge in [0.25, 0.3) is 0 Å². The molecule has 0 saturated carbocycles. The summed E-state index contributed by atoms with van der Waals surface area (Å²) in [6.45, 7) is -5.65. The highest BCUT2D eigenvalue weighted by atomic mass is 16.4. The maximum absolute atomic E-state index is 14.5. The molecular formula is C85H126N22O29. The monoisotopic (exact) mass is 1920 g/mol. The standard InChI is InChI=1S/C85H126N22O29/c86-16-2-1-9-52(95-65(115)30-88-72(123)58-23-44(108)37-101(58)79(130)51-10-3-17-87-51)80(131)102-38-45(109)24-59(102)73(124)89-31-66(116)96-18-4-11-53(96)81(132)103-39-46(110)25-60(103)74(125)90-32-67(117)97-19-5-12-54(97)82(133)104-40-47(111)26-61(104)75(126)91-33-68(118)98-20-6-13-55(98)83(134)105-41-48(112)27-62(105)76(127)92-34-69(119)99-21-7-14-56(99)84(135)106-42-49(113)28-63(106)77(128)93-35-70(120)100-22-8-15-57(100)85(136)107-43-50(114)29-64(107)78(129)94-36-71(121)122/h44-64,87,108-114H,1-43,86H2,(H,88,123)(H,89,124)(H,90,125)(H,91,126)(H,92,127)(H,93,128)(H,94,129)(H,95,115)(H,121,122)/t44-,45-,46-,47-,48-,49-,50-,51+,52+,53+,54+,55+,56+,57+,58+,59+,60+,61+,62+,63+,64+/m1/s1. The van der Waals surface area contributed by atoms with Gasteiger partial charge in [0.05, 0.1) is 88.0 Å². The Morgan fingerprint density at radius 3 is 0.779 bits per heavy atom. The quantitative estimate of drug-likeness (QED) is 0.0271. The maximum atomic E-state index is 14.5. The number of nitrogens with zero attached hydrogens (tertiary/aromatic N) is 12. The maximum Gasteiger partial charge on any atom is 0.322 e. The minimum Gasteiger partial charge on any atom is -0.480 e. The number of unbranched alkanes of at least 4 members (excludes halogenated alkanes) is 1. The van der Waals surface area contributed by atoms with Gasteiger partial charge in [-0.25, -0.2) is 0 Å². The smallest absolute Gasteiger partial charge is 0.322 e. The zero-order valence-corrected chi connectivity index (χ0v) is 75.6. The fourth-order valence-corrected chi connectivity index (χ4v) is 21.5. The van der Waals surface area contributed by atoms with Gasteiger partial charge in [-0.2, -0.15) is 0 Å². The van der Waals surface area contributed by atoms with Gasteiger partial charge in [0.15, 0.2) is 0 Å². The van der Waals surface area contributed by atoms with Crippen molar-refractivity contribution in [3.05, 3.63) is 0 Å². The number of hydrogen-bond donors (Lipinski definition) is 18. The number of aliphatic hydroxyl groups is 7. The Morgan fingerprint density at radius 2 is 0.529 bits per heavy atom. The Morgan fingerprint density at radius 1 is 0.287 bits per heavy atom. The number of likely N-dealkylation sites (tertiary alicyclic amines) is 12. The number of nitrogens with two attached hydrogens (primary N) is 1. The second-order valence-electron chi connectivity index (χ2n) is 37.5. The van der Waals surface area contributed by atoms with Crippen molar-refractivity contribution in [2.75, 3.05) is 137 Å². The molecule has 19 N–H and O–H groups in total. The third-order valence-corrected chi connectivity index (χ3v) is 28.2. The highest BCUT2D eigenvalue weighted by Gasteiger charge is 2.54. The van der Waals surface area contributed by atoms with Crippen molar-refractivity contribution in [2.45, 2.75) is 269 Å². The number of aliphatic hydroxyl groups excluding tert-OH is 7. The summed E-state index contributed by atoms with van der Waals surface area (Å²) in [4.78, 5) is 304. The lowest BCUT2D eigenvalue weighted by atomic mass is 10.1. The topological polar surface area (TPSA) is 693 Å². The van der Waals surface area contributed by atoms with Gasteiger partial charge < -0.3 is 153 Å². The summed E-state index contributed by atoms with van der Waals surface area (Å²) in [5.74, 6) is -16.1. The van der Waals surface area contributed by atoms with Crippen molar-refractivity contribution in [3.63, 3.8) is 0 Å². The minimum atomic E-state index is -1.36. The molecule has 13 aliphatic rings. The SMILES string of the molecule is NCCCC[C@H](NC(=O)CNC(=O)[C@@H]1C[C@@H](O)CN1C(=O)[C@@H]1CCCN1)C(=O)N1C[C@H](O)C[C@H]1C(=O)NCC(=O)N1CCC[C@H]1C(=O)N1C[C@H](O)C[C@H]1C(=O)NCC(=O)N1CCC[C@H]1C(=O)N1C[C@H](O)C[C@H]1C(=O)NCC(=O)N1CCC[C@H]1C(=O)N1C[C@H](O)C[C@H]1C(=O)NCC(=O)N1CCC[C@H]1C(=O)N1C[C@H](O)C[C@H]1C(=O)NCC(=O)N1CCC[C@H]1C(=O)N1C[C@H](O)C[C@H]1C(=O)NCC(=O)O. The number of carboxylic acid groups (broad SMARTS) is 1. The van der Waals surface area contributed by atoms with Crippen molar-refractivity contribution < 1.29 is 142 Å². The van der Waals surface area contributed by atoms with E-state index in [1.807, 2.05) is 0 Å². The molecule has 0 spiro atoms. The van der Waals surface area contributed by atoms with Crippen LogP contribution in [0.1, 0.15) is 141 Å². The first kappa shape index (κ1) is 102. The summed E-state index contributed by atoms with van der Waals surface area (Å²) in [6.07, 6.45) is -5.26. The molecule has 13 rings (SSSR count). The first-order chi connectivity index (χ1) is 64.9. The van der Waals surface area contributed by atoms with Crippen LogP contribution < -0.4 is 53.6 Å². The van der Waals surface area contributed by atoms with Crippen molar-refractivity contribution in [1.82, 2.24) is 107 Å². The van der Waals surface area contributed by atoms with E-state index in [0.29, 0.717) is 57.9 Å². The number of carbonyl (C=O) groups is 21. The van der Waals surface area contributed by atoms with Crippen LogP contribution in [0.25, 0.3) is 0 Å². The molecule has 51 heteroatoms. The van der Waals surface area contributed by atoms with Gasteiger partial charge in [-0.15, -0.1) is 0 Å². The molecule has 0 bridgehead atoms. The van der Waals surface area contributed by atoms with Crippen LogP contribution in [0.2, 0.25) is 0 Å². The molecule has 0 aromatic heterocycles. The Labute approximate surface area is 780 Å². The third kappa shape index (κ3) is 23.5. The number of aliphatic carboxylic acids is 1. The van der Waals surface area contributed by atoms with E-state index in [-0.39, 0.29) is 174 Å². The number of rotatable bonds is 33. The molecule has 0 aromatic rings. The zero-order valence-electron chi connectivity index (χ0n) is 75.6. The van der Waals surface area contributed by atoms with Crippen LogP contribution in [0.15, 0.2) is 0 Å². The summed E-state index contributed by atoms with van der Waals surface area (Å²) in [5, 5.41) is 107. The second-order valence-corrected chi connectivity index (χ2v) is 37.5. The molecule has 13 heterocycles. The van der Waals surface area contributed by atoms with Crippen LogP contribution >= 0.6 is 0 Å². The number of carboxylic acids is 1. The number of carbonyl (C=O) groups excluding carboxylic acids is 20. The van der Waals surface area contributed by atoms with Crippen LogP contribution in [-0.4, -0.2) is 489 Å². The predicted octanol–water partition coefficient (Wildman–Crippen LogP) is -14.1. The van der Waals surface area contributed by atoms with E-state index in [4.69, 9.17) is 10.8 Å². The molecule has 0 aromatic carbocycles. The van der Waals surface area contributed by atoms with Crippen LogP contribution in [0.3, 0.4) is 0 Å². The van der Waals surface area contributed by atoms with Crippen LogP contribution in [0.5, 0.6) is 0 Å². The molecule has 13 saturated heterocycles. The van der Waals surface area contributed by atoms with Gasteiger partial charge in [0, 0.05) is 123 Å². The van der Waals surface area contributed by atoms with Crippen LogP contribution in [-0.2, 0) is 101 Å². The predicted molar refractivity (Wildman–Crippen MR) is 461 cm³/mol. The summed E-state index contributed by atoms with van der Waals surface area (Å²) in [6, 6.07) is -16.5. The summed E-state index contributed by atoms with van der Waals surface area (Å²) in [5.41, 5.74) is 5.74. The van der Waals surface area contributed by atoms with Crippen molar-refractivity contribution in [3.8, 4) is 0 Å². The average Bonchev–Trinajstić information content (AvgIpc) is 1.65. The molecular weight excluding hydrogens is 1790 g/mol. The highest BCUT2D eigenvalue weighted by molar-refractivity contribution is 6.02. The second kappa shape index (κ2) is 45.2. The van der Waals surface area contributed by atoms with E-state index in [2.05, 4.69) is 47.9 Å². The van der Waals surface area contributed by atoms with Gasteiger partial charge >= 0.3 is 5.97 Å². The minimum absolute atomic E-state index is 0.0259. The van der Waals surface area contributed by atoms with E-state index in [1.54, 1.807) is 0 Å². The first-order valence-corrected chi connectivity index (χ1v) is 47.2. The third-order valence-electron chi connectivity index (χ3n) is 28.2. The summed E-state index contributed by atoms with van der Waals surface area (Å²) in [7, 11) is 0. The van der Waals surface area contributed by atoms with Crippen LogP contribution in [0.4, 0.5) is 0 Å². The summed E-state index contributed by atoms with van der Waals surface area (Å²) < 4.78 is 0.